The summed E-state index contributed by atoms with van der Waals surface area (Å²) in [6.45, 7) is 4.39. The number of nitrogens with zero attached hydrogens (tertiary/aromatic N) is 4. The molecule has 4 aromatic carbocycles. The lowest BCUT2D eigenvalue weighted by Crippen LogP contribution is -2.50. The van der Waals surface area contributed by atoms with Gasteiger partial charge in [0.05, 0.1) is 23.7 Å². The predicted octanol–water partition coefficient (Wildman–Crippen LogP) is 5.48. The molecular weight excluding hydrogens is 651 g/mol. The molecule has 3 heterocycles. The number of anilines is 1. The summed E-state index contributed by atoms with van der Waals surface area (Å²) in [6.07, 6.45) is 3.42. The maximum atomic E-state index is 12.8. The SMILES string of the molecule is O=S(=O)(NCc1cccc(-c2cccc([C@@H]3O[C@H](CN4CCN(c5ncccn5)CC4)C[C@H](c4ccc(CO)cc4)O3)c2)c1)c1ccccc1. The first-order valence-corrected chi connectivity index (χ1v) is 18.4. The number of ether oxygens (including phenoxy) is 2. The van der Waals surface area contributed by atoms with E-state index in [2.05, 4.69) is 30.6 Å². The highest BCUT2D eigenvalue weighted by atomic mass is 32.2. The fourth-order valence-corrected chi connectivity index (χ4v) is 7.53. The van der Waals surface area contributed by atoms with E-state index in [1.807, 2.05) is 72.8 Å². The van der Waals surface area contributed by atoms with Crippen LogP contribution in [0.5, 0.6) is 0 Å². The van der Waals surface area contributed by atoms with Crippen LogP contribution in [0.3, 0.4) is 0 Å². The first-order chi connectivity index (χ1) is 24.4. The number of hydrogen-bond acceptors (Lipinski definition) is 9. The number of sulfonamides is 1. The molecule has 1 aromatic heterocycles. The van der Waals surface area contributed by atoms with Gasteiger partial charge in [-0.3, -0.25) is 4.90 Å². The molecule has 0 bridgehead atoms. The molecule has 2 aliphatic heterocycles. The van der Waals surface area contributed by atoms with Crippen molar-refractivity contribution in [1.29, 1.82) is 0 Å². The van der Waals surface area contributed by atoms with E-state index in [1.54, 1.807) is 42.7 Å². The zero-order chi connectivity index (χ0) is 34.3. The molecule has 0 radical (unpaired) electrons. The summed E-state index contributed by atoms with van der Waals surface area (Å²) in [5.41, 5.74) is 5.61. The number of rotatable bonds is 11. The van der Waals surface area contributed by atoms with Crippen molar-refractivity contribution < 1.29 is 23.0 Å². The number of aliphatic hydroxyl groups excluding tert-OH is 1. The standard InChI is InChI=1S/C39H41N5O5S/c45-28-29-13-15-31(16-14-29)37-25-35(27-43-19-21-44(22-20-43)39-40-17-6-18-41-39)48-38(49-37)34-10-5-9-33(24-34)32-8-4-7-30(23-32)26-42-50(46,47)36-11-2-1-3-12-36/h1-18,23-24,35,37-38,42,45H,19-22,25-28H2/t35-,37+,38+/m0/s1. The maximum absolute atomic E-state index is 12.8. The second kappa shape index (κ2) is 15.6. The lowest BCUT2D eigenvalue weighted by Gasteiger charge is -2.40. The van der Waals surface area contributed by atoms with Crippen LogP contribution in [0.25, 0.3) is 11.1 Å². The van der Waals surface area contributed by atoms with Crippen molar-refractivity contribution >= 4 is 16.0 Å². The van der Waals surface area contributed by atoms with Crippen LogP contribution in [0.4, 0.5) is 5.95 Å². The Morgan fingerprint density at radius 1 is 0.740 bits per heavy atom. The van der Waals surface area contributed by atoms with Crippen LogP contribution >= 0.6 is 0 Å². The van der Waals surface area contributed by atoms with Gasteiger partial charge in [0.15, 0.2) is 6.29 Å². The average Bonchev–Trinajstić information content (AvgIpc) is 3.18. The Morgan fingerprint density at radius 2 is 1.46 bits per heavy atom. The van der Waals surface area contributed by atoms with Gasteiger partial charge in [-0.1, -0.05) is 78.9 Å². The van der Waals surface area contributed by atoms with Gasteiger partial charge in [0.1, 0.15) is 0 Å². The Bertz CT molecular complexity index is 1960. The van der Waals surface area contributed by atoms with Gasteiger partial charge in [0, 0.05) is 63.6 Å². The molecular formula is C39H41N5O5S. The number of nitrogens with one attached hydrogen (secondary N) is 1. The minimum Gasteiger partial charge on any atom is -0.392 e. The summed E-state index contributed by atoms with van der Waals surface area (Å²) in [6, 6.07) is 34.2. The quantitative estimate of drug-likeness (QED) is 0.186. The summed E-state index contributed by atoms with van der Waals surface area (Å²) < 4.78 is 41.7. The summed E-state index contributed by atoms with van der Waals surface area (Å²) in [7, 11) is -3.63. The molecule has 0 amide bonds. The third kappa shape index (κ3) is 8.27. The number of benzene rings is 4. The zero-order valence-electron chi connectivity index (χ0n) is 27.7. The minimum absolute atomic E-state index is 0.00689. The largest absolute Gasteiger partial charge is 0.392 e. The van der Waals surface area contributed by atoms with Crippen LogP contribution in [-0.2, 0) is 32.6 Å². The minimum atomic E-state index is -3.63. The van der Waals surface area contributed by atoms with Crippen molar-refractivity contribution in [2.45, 2.75) is 43.0 Å². The van der Waals surface area contributed by atoms with Crippen molar-refractivity contribution in [3.63, 3.8) is 0 Å². The first kappa shape index (κ1) is 34.0. The van der Waals surface area contributed by atoms with Gasteiger partial charge < -0.3 is 19.5 Å². The number of piperazine rings is 1. The normalized spacial score (nSPS) is 20.1. The van der Waals surface area contributed by atoms with Gasteiger partial charge in [0.2, 0.25) is 16.0 Å². The molecule has 11 heteroatoms. The average molecular weight is 692 g/mol. The molecule has 2 aliphatic rings. The van der Waals surface area contributed by atoms with Crippen LogP contribution in [0, 0.1) is 0 Å². The Kier molecular flexibility index (Phi) is 10.6. The van der Waals surface area contributed by atoms with Gasteiger partial charge in [0.25, 0.3) is 0 Å². The number of aliphatic hydroxyl groups is 1. The molecule has 258 valence electrons. The van der Waals surface area contributed by atoms with Gasteiger partial charge >= 0.3 is 0 Å². The second-order valence-corrected chi connectivity index (χ2v) is 14.4. The van der Waals surface area contributed by atoms with E-state index < -0.39 is 16.3 Å². The van der Waals surface area contributed by atoms with Crippen molar-refractivity contribution in [1.82, 2.24) is 19.6 Å². The molecule has 0 unspecified atom stereocenters. The zero-order valence-corrected chi connectivity index (χ0v) is 28.5. The van der Waals surface area contributed by atoms with Crippen molar-refractivity contribution in [3.8, 4) is 11.1 Å². The summed E-state index contributed by atoms with van der Waals surface area (Å²) in [4.78, 5) is 13.7. The third-order valence-corrected chi connectivity index (χ3v) is 10.6. The van der Waals surface area contributed by atoms with Crippen LogP contribution < -0.4 is 9.62 Å². The summed E-state index contributed by atoms with van der Waals surface area (Å²) in [5, 5.41) is 9.60. The van der Waals surface area contributed by atoms with Crippen LogP contribution in [0.15, 0.2) is 126 Å². The van der Waals surface area contributed by atoms with Gasteiger partial charge in [-0.2, -0.15) is 0 Å². The second-order valence-electron chi connectivity index (χ2n) is 12.7. The molecule has 50 heavy (non-hydrogen) atoms. The third-order valence-electron chi connectivity index (χ3n) is 9.22. The van der Waals surface area contributed by atoms with Crippen molar-refractivity contribution in [2.24, 2.45) is 0 Å². The molecule has 2 fully saturated rings. The lowest BCUT2D eigenvalue weighted by atomic mass is 9.98. The highest BCUT2D eigenvalue weighted by Crippen LogP contribution is 2.39. The highest BCUT2D eigenvalue weighted by molar-refractivity contribution is 7.89. The fraction of sp³-hybridized carbons (Fsp3) is 0.282. The number of aromatic nitrogens is 2. The van der Waals surface area contributed by atoms with Gasteiger partial charge in [-0.25, -0.2) is 23.1 Å². The maximum Gasteiger partial charge on any atom is 0.240 e. The van der Waals surface area contributed by atoms with Gasteiger partial charge in [-0.15, -0.1) is 0 Å². The first-order valence-electron chi connectivity index (χ1n) is 16.9. The van der Waals surface area contributed by atoms with E-state index >= 15 is 0 Å². The van der Waals surface area contributed by atoms with Crippen LogP contribution in [0.2, 0.25) is 0 Å². The smallest absolute Gasteiger partial charge is 0.240 e. The lowest BCUT2D eigenvalue weighted by molar-refractivity contribution is -0.253. The highest BCUT2D eigenvalue weighted by Gasteiger charge is 2.34. The molecule has 5 aromatic rings. The van der Waals surface area contributed by atoms with E-state index in [0.29, 0.717) is 6.42 Å². The Morgan fingerprint density at radius 3 is 2.20 bits per heavy atom. The topological polar surface area (TPSA) is 117 Å². The predicted molar refractivity (Wildman–Crippen MR) is 191 cm³/mol. The molecule has 0 aliphatic carbocycles. The van der Waals surface area contributed by atoms with E-state index in [9.17, 15) is 13.5 Å². The van der Waals surface area contributed by atoms with E-state index in [-0.39, 0.29) is 30.3 Å². The van der Waals surface area contributed by atoms with Crippen molar-refractivity contribution in [2.75, 3.05) is 37.6 Å². The molecule has 2 saturated heterocycles. The molecule has 10 nitrogen and oxygen atoms in total. The summed E-state index contributed by atoms with van der Waals surface area (Å²) in [5.74, 6) is 0.764. The molecule has 0 spiro atoms. The molecule has 2 N–H and O–H groups in total. The van der Waals surface area contributed by atoms with Crippen LogP contribution in [0.1, 0.15) is 41.1 Å². The Labute approximate surface area is 293 Å². The monoisotopic (exact) mass is 691 g/mol. The summed E-state index contributed by atoms with van der Waals surface area (Å²) >= 11 is 0. The Hall–Kier alpha value is -4.49. The van der Waals surface area contributed by atoms with Crippen molar-refractivity contribution in [3.05, 3.63) is 144 Å². The van der Waals surface area contributed by atoms with E-state index in [4.69, 9.17) is 9.47 Å². The molecule has 0 saturated carbocycles. The molecule has 7 rings (SSSR count). The fourth-order valence-electron chi connectivity index (χ4n) is 6.49. The van der Waals surface area contributed by atoms with E-state index in [1.165, 1.54) is 0 Å². The molecule has 3 atom stereocenters. The van der Waals surface area contributed by atoms with E-state index in [0.717, 1.165) is 72.1 Å². The van der Waals surface area contributed by atoms with Gasteiger partial charge in [-0.05, 0) is 58.1 Å². The number of hydrogen-bond donors (Lipinski definition) is 2. The Balaban J connectivity index is 1.07. The van der Waals surface area contributed by atoms with Crippen LogP contribution in [-0.4, -0.2) is 67.2 Å².